The first-order chi connectivity index (χ1) is 6.88. The molecule has 0 unspecified atom stereocenters. The van der Waals surface area contributed by atoms with E-state index >= 15 is 0 Å². The largest absolute Gasteiger partial charge is 0.294 e. The summed E-state index contributed by atoms with van der Waals surface area (Å²) in [6, 6.07) is 9.61. The van der Waals surface area contributed by atoms with E-state index in [0.29, 0.717) is 0 Å². The van der Waals surface area contributed by atoms with Crippen LogP contribution < -0.4 is 0 Å². The van der Waals surface area contributed by atoms with Crippen molar-refractivity contribution in [1.29, 1.82) is 0 Å². The zero-order valence-corrected chi connectivity index (χ0v) is 8.33. The number of carbonyl (C=O) groups excluding carboxylic acids is 1. The van der Waals surface area contributed by atoms with Crippen LogP contribution in [0.2, 0.25) is 0 Å². The summed E-state index contributed by atoms with van der Waals surface area (Å²) in [6.07, 6.45) is 5.68. The third-order valence-corrected chi connectivity index (χ3v) is 2.81. The number of hydrogen-bond donors (Lipinski definition) is 0. The lowest BCUT2D eigenvalue weighted by molar-refractivity contribution is 0.0989. The maximum absolute atomic E-state index is 12.0. The van der Waals surface area contributed by atoms with Crippen molar-refractivity contribution in [3.8, 4) is 0 Å². The van der Waals surface area contributed by atoms with E-state index in [1.54, 1.807) is 0 Å². The van der Waals surface area contributed by atoms with Gasteiger partial charge in [-0.05, 0) is 12.8 Å². The van der Waals surface area contributed by atoms with Crippen molar-refractivity contribution in [3.05, 3.63) is 41.8 Å². The quantitative estimate of drug-likeness (QED) is 0.648. The van der Waals surface area contributed by atoms with Crippen LogP contribution in [0.3, 0.4) is 0 Å². The first-order valence-corrected chi connectivity index (χ1v) is 5.32. The van der Waals surface area contributed by atoms with Gasteiger partial charge in [-0.2, -0.15) is 0 Å². The van der Waals surface area contributed by atoms with Crippen LogP contribution in [0.4, 0.5) is 0 Å². The van der Waals surface area contributed by atoms with Crippen LogP contribution in [-0.4, -0.2) is 5.78 Å². The van der Waals surface area contributed by atoms with Crippen molar-refractivity contribution in [2.75, 3.05) is 0 Å². The average molecular weight is 187 g/mol. The maximum Gasteiger partial charge on any atom is 0.170 e. The van der Waals surface area contributed by atoms with E-state index in [1.807, 2.05) is 30.3 Å². The Kier molecular flexibility index (Phi) is 2.97. The van der Waals surface area contributed by atoms with Crippen LogP contribution in [0, 0.1) is 5.92 Å². The number of ketones is 1. The van der Waals surface area contributed by atoms with Crippen molar-refractivity contribution in [3.63, 3.8) is 0 Å². The zero-order valence-electron chi connectivity index (χ0n) is 8.33. The Morgan fingerprint density at radius 2 is 1.57 bits per heavy atom. The lowest BCUT2D eigenvalue weighted by Gasteiger charge is -2.19. The highest BCUT2D eigenvalue weighted by atomic mass is 16.1. The van der Waals surface area contributed by atoms with E-state index in [9.17, 15) is 4.79 Å². The molecule has 0 amide bonds. The highest BCUT2D eigenvalue weighted by molar-refractivity contribution is 6.06. The zero-order chi connectivity index (χ0) is 9.80. The first-order valence-electron chi connectivity index (χ1n) is 5.32. The fraction of sp³-hybridized carbons (Fsp3) is 0.385. The second-order valence-electron chi connectivity index (χ2n) is 3.86. The molecule has 0 heterocycles. The van der Waals surface area contributed by atoms with Gasteiger partial charge in [0.25, 0.3) is 0 Å². The van der Waals surface area contributed by atoms with Gasteiger partial charge in [-0.3, -0.25) is 4.79 Å². The molecule has 1 fully saturated rings. The van der Waals surface area contributed by atoms with Crippen molar-refractivity contribution in [2.24, 2.45) is 0 Å². The second kappa shape index (κ2) is 4.41. The smallest absolute Gasteiger partial charge is 0.170 e. The molecular weight excluding hydrogens is 172 g/mol. The SMILES string of the molecule is O=C([C]1CCCCC1)c1ccccc1. The number of rotatable bonds is 2. The fourth-order valence-electron chi connectivity index (χ4n) is 2.00. The summed E-state index contributed by atoms with van der Waals surface area (Å²) < 4.78 is 0. The molecule has 1 aliphatic carbocycles. The van der Waals surface area contributed by atoms with Crippen LogP contribution in [0.1, 0.15) is 42.5 Å². The van der Waals surface area contributed by atoms with E-state index in [0.717, 1.165) is 24.3 Å². The molecule has 14 heavy (non-hydrogen) atoms. The summed E-state index contributed by atoms with van der Waals surface area (Å²) in [4.78, 5) is 12.0. The molecule has 1 heteroatoms. The Bertz CT molecular complexity index is 296. The summed E-state index contributed by atoms with van der Waals surface area (Å²) in [5.41, 5.74) is 0.851. The van der Waals surface area contributed by atoms with Crippen molar-refractivity contribution < 1.29 is 4.79 Å². The van der Waals surface area contributed by atoms with Gasteiger partial charge in [0, 0.05) is 11.5 Å². The molecule has 2 rings (SSSR count). The van der Waals surface area contributed by atoms with Gasteiger partial charge >= 0.3 is 0 Å². The molecule has 73 valence electrons. The molecular formula is C13H15O. The maximum atomic E-state index is 12.0. The Hall–Kier alpha value is -1.11. The van der Waals surface area contributed by atoms with Crippen molar-refractivity contribution >= 4 is 5.78 Å². The highest BCUT2D eigenvalue weighted by Crippen LogP contribution is 2.28. The lowest BCUT2D eigenvalue weighted by atomic mass is 9.84. The summed E-state index contributed by atoms with van der Waals surface area (Å²) in [5, 5.41) is 0. The molecule has 0 N–H and O–H groups in total. The molecule has 1 saturated carbocycles. The van der Waals surface area contributed by atoms with E-state index < -0.39 is 0 Å². The molecule has 1 aromatic carbocycles. The van der Waals surface area contributed by atoms with Crippen LogP contribution in [0.5, 0.6) is 0 Å². The molecule has 0 atom stereocenters. The van der Waals surface area contributed by atoms with Crippen LogP contribution in [-0.2, 0) is 0 Å². The van der Waals surface area contributed by atoms with E-state index in [4.69, 9.17) is 0 Å². The fourth-order valence-corrected chi connectivity index (χ4v) is 2.00. The normalized spacial score (nSPS) is 18.0. The third-order valence-electron chi connectivity index (χ3n) is 2.81. The average Bonchev–Trinajstić information content (AvgIpc) is 2.30. The topological polar surface area (TPSA) is 17.1 Å². The molecule has 0 spiro atoms. The van der Waals surface area contributed by atoms with Crippen LogP contribution >= 0.6 is 0 Å². The highest BCUT2D eigenvalue weighted by Gasteiger charge is 2.22. The number of Topliss-reactive ketones (excluding diaryl/α,β-unsaturated/α-hetero) is 1. The molecule has 1 nitrogen and oxygen atoms in total. The summed E-state index contributed by atoms with van der Waals surface area (Å²) in [7, 11) is 0. The molecule has 1 radical (unpaired) electrons. The van der Waals surface area contributed by atoms with Gasteiger partial charge in [0.1, 0.15) is 0 Å². The Morgan fingerprint density at radius 3 is 2.21 bits per heavy atom. The minimum atomic E-state index is 0.269. The Balaban J connectivity index is 2.07. The van der Waals surface area contributed by atoms with Crippen molar-refractivity contribution in [1.82, 2.24) is 0 Å². The van der Waals surface area contributed by atoms with Crippen LogP contribution in [0.15, 0.2) is 30.3 Å². The standard InChI is InChI=1S/C13H15O/c14-13(11-7-3-1-4-8-11)12-9-5-2-6-10-12/h1,3-4,7-8H,2,5-6,9-10H2. The number of hydrogen-bond acceptors (Lipinski definition) is 1. The van der Waals surface area contributed by atoms with Gasteiger partial charge in [-0.25, -0.2) is 0 Å². The first kappa shape index (κ1) is 9.45. The van der Waals surface area contributed by atoms with E-state index in [-0.39, 0.29) is 5.78 Å². The lowest BCUT2D eigenvalue weighted by Crippen LogP contribution is -2.15. The Labute approximate surface area is 85.1 Å². The third kappa shape index (κ3) is 2.03. The van der Waals surface area contributed by atoms with E-state index in [2.05, 4.69) is 0 Å². The second-order valence-corrected chi connectivity index (χ2v) is 3.86. The summed E-state index contributed by atoms with van der Waals surface area (Å²) in [6.45, 7) is 0. The van der Waals surface area contributed by atoms with Gasteiger partial charge in [0.05, 0.1) is 0 Å². The monoisotopic (exact) mass is 187 g/mol. The minimum absolute atomic E-state index is 0.269. The van der Waals surface area contributed by atoms with Crippen LogP contribution in [0.25, 0.3) is 0 Å². The molecule has 1 aliphatic rings. The summed E-state index contributed by atoms with van der Waals surface area (Å²) >= 11 is 0. The minimum Gasteiger partial charge on any atom is -0.294 e. The van der Waals surface area contributed by atoms with Gasteiger partial charge in [-0.15, -0.1) is 0 Å². The van der Waals surface area contributed by atoms with Gasteiger partial charge in [-0.1, -0.05) is 49.6 Å². The summed E-state index contributed by atoms with van der Waals surface area (Å²) in [5.74, 6) is 1.40. The molecule has 1 aromatic rings. The van der Waals surface area contributed by atoms with Gasteiger partial charge in [0.15, 0.2) is 5.78 Å². The van der Waals surface area contributed by atoms with Gasteiger partial charge < -0.3 is 0 Å². The molecule has 0 saturated heterocycles. The predicted molar refractivity (Wildman–Crippen MR) is 57.1 cm³/mol. The molecule has 0 bridgehead atoms. The molecule has 0 aromatic heterocycles. The Morgan fingerprint density at radius 1 is 0.929 bits per heavy atom. The van der Waals surface area contributed by atoms with E-state index in [1.165, 1.54) is 19.3 Å². The van der Waals surface area contributed by atoms with Gasteiger partial charge in [0.2, 0.25) is 0 Å². The number of carbonyl (C=O) groups is 1. The molecule has 0 aliphatic heterocycles. The predicted octanol–water partition coefficient (Wildman–Crippen LogP) is 3.41. The van der Waals surface area contributed by atoms with Crippen molar-refractivity contribution in [2.45, 2.75) is 32.1 Å². The number of benzene rings is 1.